The lowest BCUT2D eigenvalue weighted by Gasteiger charge is -2.14. The second-order valence-electron chi connectivity index (χ2n) is 7.99. The summed E-state index contributed by atoms with van der Waals surface area (Å²) in [7, 11) is 0. The smallest absolute Gasteiger partial charge is 0.348 e. The molecular weight excluding hydrogens is 450 g/mol. The van der Waals surface area contributed by atoms with Gasteiger partial charge in [-0.2, -0.15) is 0 Å². The molecule has 34 heavy (non-hydrogen) atoms. The maximum Gasteiger partial charge on any atom is 0.348 e. The van der Waals surface area contributed by atoms with Crippen molar-refractivity contribution < 1.29 is 14.3 Å². The van der Waals surface area contributed by atoms with Crippen LogP contribution in [0, 0.1) is 6.92 Å². The van der Waals surface area contributed by atoms with Gasteiger partial charge in [-0.05, 0) is 30.5 Å². The summed E-state index contributed by atoms with van der Waals surface area (Å²) in [5.74, 6) is -0.773. The Hall–Kier alpha value is -3.78. The van der Waals surface area contributed by atoms with E-state index < -0.39 is 5.97 Å². The van der Waals surface area contributed by atoms with E-state index in [2.05, 4.69) is 10.3 Å². The van der Waals surface area contributed by atoms with Gasteiger partial charge in [0.2, 0.25) is 5.91 Å². The summed E-state index contributed by atoms with van der Waals surface area (Å²) in [5, 5.41) is 3.24. The summed E-state index contributed by atoms with van der Waals surface area (Å²) in [4.78, 5) is 43.4. The Morgan fingerprint density at radius 2 is 1.76 bits per heavy atom. The van der Waals surface area contributed by atoms with Crippen molar-refractivity contribution in [1.82, 2.24) is 14.9 Å². The third-order valence-electron chi connectivity index (χ3n) is 5.56. The van der Waals surface area contributed by atoms with Crippen molar-refractivity contribution in [2.24, 2.45) is 0 Å². The highest BCUT2D eigenvalue weighted by Gasteiger charge is 2.21. The van der Waals surface area contributed by atoms with Crippen LogP contribution in [0.1, 0.15) is 39.3 Å². The standard InChI is InChI=1S/C26H25N3O4S/c1-17-22-24(34-23(17)26(32)33-14-13-19-9-5-3-6-10-19)27-16-29(25(22)31)15-21(30)28-18(2)20-11-7-4-8-12-20/h3-12,16,18H,13-15H2,1-2H3,(H,28,30). The van der Waals surface area contributed by atoms with Crippen LogP contribution in [0.4, 0.5) is 0 Å². The average Bonchev–Trinajstić information content (AvgIpc) is 3.19. The van der Waals surface area contributed by atoms with E-state index >= 15 is 0 Å². The van der Waals surface area contributed by atoms with Crippen LogP contribution in [0.3, 0.4) is 0 Å². The van der Waals surface area contributed by atoms with Crippen molar-refractivity contribution >= 4 is 33.4 Å². The predicted octanol–water partition coefficient (Wildman–Crippen LogP) is 4.04. The van der Waals surface area contributed by atoms with Crippen LogP contribution in [-0.2, 0) is 22.5 Å². The Labute approximate surface area is 201 Å². The summed E-state index contributed by atoms with van der Waals surface area (Å²) in [6.45, 7) is 3.67. The van der Waals surface area contributed by atoms with Gasteiger partial charge < -0.3 is 10.1 Å². The van der Waals surface area contributed by atoms with E-state index in [9.17, 15) is 14.4 Å². The first-order valence-corrected chi connectivity index (χ1v) is 11.8. The van der Waals surface area contributed by atoms with Gasteiger partial charge in [-0.3, -0.25) is 14.2 Å². The molecule has 1 N–H and O–H groups in total. The van der Waals surface area contributed by atoms with Crippen molar-refractivity contribution in [3.63, 3.8) is 0 Å². The second-order valence-corrected chi connectivity index (χ2v) is 8.98. The lowest BCUT2D eigenvalue weighted by molar-refractivity contribution is -0.122. The summed E-state index contributed by atoms with van der Waals surface area (Å²) in [6, 6.07) is 19.1. The molecule has 1 amide bonds. The van der Waals surface area contributed by atoms with Gasteiger partial charge in [0, 0.05) is 6.42 Å². The fourth-order valence-corrected chi connectivity index (χ4v) is 4.74. The highest BCUT2D eigenvalue weighted by atomic mass is 32.1. The topological polar surface area (TPSA) is 90.3 Å². The zero-order chi connectivity index (χ0) is 24.1. The van der Waals surface area contributed by atoms with Crippen molar-refractivity contribution in [3.05, 3.63) is 98.9 Å². The summed E-state index contributed by atoms with van der Waals surface area (Å²) >= 11 is 1.13. The maximum atomic E-state index is 13.1. The Bertz CT molecular complexity index is 1360. The number of rotatable bonds is 8. The van der Waals surface area contributed by atoms with E-state index in [1.807, 2.05) is 67.6 Å². The van der Waals surface area contributed by atoms with Crippen LogP contribution in [0.15, 0.2) is 71.8 Å². The molecular formula is C26H25N3O4S. The van der Waals surface area contributed by atoms with Crippen LogP contribution in [-0.4, -0.2) is 28.0 Å². The van der Waals surface area contributed by atoms with Gasteiger partial charge in [-0.1, -0.05) is 60.7 Å². The molecule has 0 saturated carbocycles. The highest BCUT2D eigenvalue weighted by molar-refractivity contribution is 7.20. The molecule has 4 rings (SSSR count). The number of nitrogens with zero attached hydrogens (tertiary/aromatic N) is 2. The molecule has 0 aliphatic heterocycles. The number of aromatic nitrogens is 2. The maximum absolute atomic E-state index is 13.1. The number of nitrogens with one attached hydrogen (secondary N) is 1. The number of fused-ring (bicyclic) bond motifs is 1. The van der Waals surface area contributed by atoms with Crippen molar-refractivity contribution in [1.29, 1.82) is 0 Å². The average molecular weight is 476 g/mol. The Morgan fingerprint density at radius 3 is 2.47 bits per heavy atom. The Balaban J connectivity index is 1.45. The number of amides is 1. The van der Waals surface area contributed by atoms with Gasteiger partial charge >= 0.3 is 5.97 Å². The molecule has 8 heteroatoms. The predicted molar refractivity (Wildman–Crippen MR) is 132 cm³/mol. The monoisotopic (exact) mass is 475 g/mol. The second kappa shape index (κ2) is 10.4. The molecule has 1 unspecified atom stereocenters. The minimum absolute atomic E-state index is 0.162. The number of hydrogen-bond donors (Lipinski definition) is 1. The zero-order valence-corrected chi connectivity index (χ0v) is 19.8. The SMILES string of the molecule is Cc1c(C(=O)OCCc2ccccc2)sc2ncn(CC(=O)NC(C)c3ccccc3)c(=O)c12. The molecule has 2 aromatic heterocycles. The minimum atomic E-state index is -0.475. The Kier molecular flexibility index (Phi) is 7.18. The number of ether oxygens (including phenoxy) is 1. The normalized spacial score (nSPS) is 11.8. The van der Waals surface area contributed by atoms with E-state index in [0.717, 1.165) is 22.5 Å². The van der Waals surface area contributed by atoms with E-state index in [1.54, 1.807) is 6.92 Å². The number of esters is 1. The largest absolute Gasteiger partial charge is 0.461 e. The molecule has 0 radical (unpaired) electrons. The van der Waals surface area contributed by atoms with Gasteiger partial charge in [0.25, 0.3) is 5.56 Å². The van der Waals surface area contributed by atoms with E-state index in [4.69, 9.17) is 4.74 Å². The fourth-order valence-electron chi connectivity index (χ4n) is 3.71. The minimum Gasteiger partial charge on any atom is -0.461 e. The summed E-state index contributed by atoms with van der Waals surface area (Å²) in [5.41, 5.74) is 2.22. The first kappa shape index (κ1) is 23.4. The fraction of sp³-hybridized carbons (Fsp3) is 0.231. The molecule has 0 aliphatic rings. The van der Waals surface area contributed by atoms with E-state index in [0.29, 0.717) is 27.1 Å². The number of hydrogen-bond acceptors (Lipinski definition) is 6. The third-order valence-corrected chi connectivity index (χ3v) is 6.74. The van der Waals surface area contributed by atoms with Gasteiger partial charge in [-0.15, -0.1) is 11.3 Å². The first-order valence-electron chi connectivity index (χ1n) is 11.0. The Morgan fingerprint density at radius 1 is 1.09 bits per heavy atom. The van der Waals surface area contributed by atoms with Crippen LogP contribution < -0.4 is 10.9 Å². The molecule has 1 atom stereocenters. The highest BCUT2D eigenvalue weighted by Crippen LogP contribution is 2.27. The number of carbonyl (C=O) groups is 2. The van der Waals surface area contributed by atoms with Gasteiger partial charge in [-0.25, -0.2) is 9.78 Å². The molecule has 2 heterocycles. The molecule has 4 aromatic rings. The molecule has 0 saturated heterocycles. The number of aryl methyl sites for hydroxylation is 1. The summed E-state index contributed by atoms with van der Waals surface area (Å²) in [6.07, 6.45) is 1.95. The van der Waals surface area contributed by atoms with Crippen LogP contribution in [0.5, 0.6) is 0 Å². The zero-order valence-electron chi connectivity index (χ0n) is 19.0. The molecule has 0 aliphatic carbocycles. The van der Waals surface area contributed by atoms with Gasteiger partial charge in [0.15, 0.2) is 0 Å². The van der Waals surface area contributed by atoms with Crippen molar-refractivity contribution in [2.45, 2.75) is 32.9 Å². The molecule has 0 fully saturated rings. The molecule has 174 valence electrons. The molecule has 7 nitrogen and oxygen atoms in total. The molecule has 2 aromatic carbocycles. The lowest BCUT2D eigenvalue weighted by Crippen LogP contribution is -2.34. The van der Waals surface area contributed by atoms with Crippen molar-refractivity contribution in [2.75, 3.05) is 6.61 Å². The quantitative estimate of drug-likeness (QED) is 0.389. The van der Waals surface area contributed by atoms with Gasteiger partial charge in [0.1, 0.15) is 16.3 Å². The number of carbonyl (C=O) groups excluding carboxylic acids is 2. The van der Waals surface area contributed by atoms with Crippen LogP contribution >= 0.6 is 11.3 Å². The lowest BCUT2D eigenvalue weighted by atomic mass is 10.1. The number of benzene rings is 2. The van der Waals surface area contributed by atoms with Crippen LogP contribution in [0.25, 0.3) is 10.2 Å². The van der Waals surface area contributed by atoms with Crippen LogP contribution in [0.2, 0.25) is 0 Å². The third kappa shape index (κ3) is 5.23. The van der Waals surface area contributed by atoms with Crippen molar-refractivity contribution in [3.8, 4) is 0 Å². The molecule has 0 bridgehead atoms. The summed E-state index contributed by atoms with van der Waals surface area (Å²) < 4.78 is 6.70. The van der Waals surface area contributed by atoms with Gasteiger partial charge in [0.05, 0.1) is 24.4 Å². The van der Waals surface area contributed by atoms with E-state index in [-0.39, 0.29) is 30.7 Å². The molecule has 0 spiro atoms. The number of thiophene rings is 1. The van der Waals surface area contributed by atoms with E-state index in [1.165, 1.54) is 10.9 Å². The first-order chi connectivity index (χ1) is 16.4.